The molecule has 0 atom stereocenters. The van der Waals surface area contributed by atoms with E-state index in [1.165, 1.54) is 6.26 Å². The molecular formula is C23H19NO4S. The molecule has 0 saturated carbocycles. The first-order valence-corrected chi connectivity index (χ1v) is 10.8. The van der Waals surface area contributed by atoms with E-state index in [-0.39, 0.29) is 23.7 Å². The number of ether oxygens (including phenoxy) is 1. The van der Waals surface area contributed by atoms with Crippen LogP contribution in [-0.2, 0) is 22.9 Å². The molecule has 0 aliphatic heterocycles. The van der Waals surface area contributed by atoms with Crippen molar-refractivity contribution >= 4 is 21.3 Å². The highest BCUT2D eigenvalue weighted by Crippen LogP contribution is 2.19. The average Bonchev–Trinajstić information content (AvgIpc) is 2.72. The van der Waals surface area contributed by atoms with Gasteiger partial charge in [-0.2, -0.15) is 0 Å². The molecule has 3 aromatic rings. The molecule has 0 fully saturated rings. The summed E-state index contributed by atoms with van der Waals surface area (Å²) in [5.41, 5.74) is 2.76. The number of carbonyl (C=O) groups excluding carboxylic acids is 1. The number of hydrogen-bond donors (Lipinski definition) is 0. The van der Waals surface area contributed by atoms with Crippen LogP contribution in [0.3, 0.4) is 0 Å². The van der Waals surface area contributed by atoms with Crippen molar-refractivity contribution in [3.63, 3.8) is 0 Å². The number of sulfone groups is 1. The molecule has 0 spiro atoms. The Bertz CT molecular complexity index is 1160. The predicted molar refractivity (Wildman–Crippen MR) is 111 cm³/mol. The van der Waals surface area contributed by atoms with Crippen molar-refractivity contribution < 1.29 is 17.9 Å². The second-order valence-electron chi connectivity index (χ2n) is 6.61. The summed E-state index contributed by atoms with van der Waals surface area (Å²) in [5.74, 6) is 0.523. The van der Waals surface area contributed by atoms with Crippen LogP contribution in [0.1, 0.15) is 21.5 Å². The minimum Gasteiger partial charge on any atom is -0.489 e. The van der Waals surface area contributed by atoms with E-state index in [0.29, 0.717) is 17.0 Å². The highest BCUT2D eigenvalue weighted by molar-refractivity contribution is 7.90. The third-order valence-corrected chi connectivity index (χ3v) is 5.47. The van der Waals surface area contributed by atoms with E-state index in [9.17, 15) is 13.2 Å². The van der Waals surface area contributed by atoms with Gasteiger partial charge in [0.1, 0.15) is 12.4 Å². The van der Waals surface area contributed by atoms with Crippen LogP contribution < -0.4 is 4.74 Å². The fourth-order valence-corrected chi connectivity index (χ4v) is 3.37. The first-order valence-electron chi connectivity index (χ1n) is 8.86. The van der Waals surface area contributed by atoms with Crippen LogP contribution in [-0.4, -0.2) is 20.5 Å². The molecule has 0 bridgehead atoms. The third kappa shape index (κ3) is 5.53. The van der Waals surface area contributed by atoms with Gasteiger partial charge in [-0.3, -0.25) is 4.79 Å². The maximum absolute atomic E-state index is 12.6. The van der Waals surface area contributed by atoms with E-state index < -0.39 is 9.84 Å². The van der Waals surface area contributed by atoms with Gasteiger partial charge in [-0.25, -0.2) is 13.3 Å². The molecule has 0 radical (unpaired) electrons. The zero-order valence-corrected chi connectivity index (χ0v) is 16.6. The first kappa shape index (κ1) is 20.3. The van der Waals surface area contributed by atoms with Crippen LogP contribution in [0.25, 0.3) is 4.85 Å². The lowest BCUT2D eigenvalue weighted by Crippen LogP contribution is -2.04. The van der Waals surface area contributed by atoms with Crippen molar-refractivity contribution in [1.82, 2.24) is 0 Å². The van der Waals surface area contributed by atoms with Crippen molar-refractivity contribution in [1.29, 1.82) is 0 Å². The number of nitrogens with zero attached hydrogens (tertiary/aromatic N) is 1. The van der Waals surface area contributed by atoms with Gasteiger partial charge in [0.05, 0.1) is 11.5 Å². The minimum atomic E-state index is -3.22. The Morgan fingerprint density at radius 3 is 2.24 bits per heavy atom. The number of rotatable bonds is 7. The van der Waals surface area contributed by atoms with E-state index in [1.807, 2.05) is 0 Å². The van der Waals surface area contributed by atoms with Gasteiger partial charge in [0, 0.05) is 18.2 Å². The highest BCUT2D eigenvalue weighted by atomic mass is 32.2. The fourth-order valence-electron chi connectivity index (χ4n) is 2.73. The van der Waals surface area contributed by atoms with E-state index in [2.05, 4.69) is 4.85 Å². The van der Waals surface area contributed by atoms with Crippen LogP contribution in [0, 0.1) is 6.57 Å². The van der Waals surface area contributed by atoms with Gasteiger partial charge < -0.3 is 4.74 Å². The molecule has 0 amide bonds. The standard InChI is InChI=1S/C23H19NO4S/c1-24-20-10-6-17(7-11-20)14-23(25)19-4-3-5-21(15-19)28-16-18-8-12-22(13-9-18)29(2,26)27/h3-13,15H,14,16H2,2H3. The van der Waals surface area contributed by atoms with Crippen molar-refractivity contribution in [2.45, 2.75) is 17.9 Å². The van der Waals surface area contributed by atoms with Crippen LogP contribution in [0.5, 0.6) is 5.75 Å². The summed E-state index contributed by atoms with van der Waals surface area (Å²) >= 11 is 0. The molecule has 146 valence electrons. The van der Waals surface area contributed by atoms with Crippen LogP contribution in [0.15, 0.2) is 77.7 Å². The van der Waals surface area contributed by atoms with Crippen molar-refractivity contribution in [3.8, 4) is 5.75 Å². The van der Waals surface area contributed by atoms with Gasteiger partial charge in [-0.05, 0) is 35.4 Å². The smallest absolute Gasteiger partial charge is 0.187 e. The molecular weight excluding hydrogens is 386 g/mol. The summed E-state index contributed by atoms with van der Waals surface area (Å²) in [7, 11) is -3.22. The zero-order valence-electron chi connectivity index (χ0n) is 15.8. The Morgan fingerprint density at radius 2 is 1.62 bits per heavy atom. The number of ketones is 1. The zero-order chi connectivity index (χ0) is 20.9. The molecule has 0 aliphatic rings. The van der Waals surface area contributed by atoms with Crippen LogP contribution >= 0.6 is 0 Å². The van der Waals surface area contributed by atoms with Crippen molar-refractivity contribution in [2.75, 3.05) is 6.26 Å². The lowest BCUT2D eigenvalue weighted by atomic mass is 10.0. The summed E-state index contributed by atoms with van der Waals surface area (Å²) in [5, 5.41) is 0. The van der Waals surface area contributed by atoms with E-state index in [0.717, 1.165) is 11.1 Å². The van der Waals surface area contributed by atoms with Gasteiger partial charge in [0.25, 0.3) is 0 Å². The quantitative estimate of drug-likeness (QED) is 0.424. The molecule has 0 unspecified atom stereocenters. The maximum Gasteiger partial charge on any atom is 0.187 e. The van der Waals surface area contributed by atoms with Crippen molar-refractivity contribution in [3.05, 3.63) is 101 Å². The maximum atomic E-state index is 12.6. The summed E-state index contributed by atoms with van der Waals surface area (Å²) in [6.07, 6.45) is 1.41. The monoisotopic (exact) mass is 405 g/mol. The third-order valence-electron chi connectivity index (χ3n) is 4.34. The minimum absolute atomic E-state index is 0.0384. The number of hydrogen-bond acceptors (Lipinski definition) is 4. The second-order valence-corrected chi connectivity index (χ2v) is 8.63. The Labute approximate surface area is 170 Å². The molecule has 3 aromatic carbocycles. The SMILES string of the molecule is [C-]#[N+]c1ccc(CC(=O)c2cccc(OCc3ccc(S(C)(=O)=O)cc3)c2)cc1. The summed E-state index contributed by atoms with van der Waals surface area (Å²) < 4.78 is 28.8. The first-order chi connectivity index (χ1) is 13.8. The number of carbonyl (C=O) groups is 1. The Hall–Kier alpha value is -3.43. The molecule has 0 aromatic heterocycles. The second kappa shape index (κ2) is 8.72. The molecule has 3 rings (SSSR count). The highest BCUT2D eigenvalue weighted by Gasteiger charge is 2.09. The van der Waals surface area contributed by atoms with E-state index in [1.54, 1.807) is 72.8 Å². The van der Waals surface area contributed by atoms with Gasteiger partial charge in [0.15, 0.2) is 21.3 Å². The predicted octanol–water partition coefficient (Wildman–Crippen LogP) is 4.65. The average molecular weight is 405 g/mol. The Kier molecular flexibility index (Phi) is 6.10. The lowest BCUT2D eigenvalue weighted by Gasteiger charge is -2.09. The lowest BCUT2D eigenvalue weighted by molar-refractivity contribution is 0.0992. The topological polar surface area (TPSA) is 64.8 Å². The Morgan fingerprint density at radius 1 is 0.966 bits per heavy atom. The largest absolute Gasteiger partial charge is 0.489 e. The summed E-state index contributed by atoms with van der Waals surface area (Å²) in [4.78, 5) is 16.2. The van der Waals surface area contributed by atoms with Crippen LogP contribution in [0.4, 0.5) is 5.69 Å². The molecule has 0 aliphatic carbocycles. The number of benzene rings is 3. The van der Waals surface area contributed by atoms with Crippen molar-refractivity contribution in [2.24, 2.45) is 0 Å². The van der Waals surface area contributed by atoms with Gasteiger partial charge in [-0.1, -0.05) is 48.5 Å². The molecule has 29 heavy (non-hydrogen) atoms. The van der Waals surface area contributed by atoms with Gasteiger partial charge >= 0.3 is 0 Å². The normalized spacial score (nSPS) is 10.9. The molecule has 0 heterocycles. The van der Waals surface area contributed by atoms with E-state index >= 15 is 0 Å². The molecule has 0 saturated heterocycles. The molecule has 6 heteroatoms. The Balaban J connectivity index is 1.64. The van der Waals surface area contributed by atoms with Gasteiger partial charge in [-0.15, -0.1) is 0 Å². The molecule has 5 nitrogen and oxygen atoms in total. The number of Topliss-reactive ketones (excluding diaryl/α,β-unsaturated/α-hetero) is 1. The summed E-state index contributed by atoms with van der Waals surface area (Å²) in [6.45, 7) is 7.23. The van der Waals surface area contributed by atoms with Gasteiger partial charge in [0.2, 0.25) is 0 Å². The summed E-state index contributed by atoms with van der Waals surface area (Å²) in [6, 6.07) is 20.4. The molecule has 0 N–H and O–H groups in total. The fraction of sp³-hybridized carbons (Fsp3) is 0.130. The van der Waals surface area contributed by atoms with E-state index in [4.69, 9.17) is 11.3 Å². The van der Waals surface area contributed by atoms with Crippen LogP contribution in [0.2, 0.25) is 0 Å².